The lowest BCUT2D eigenvalue weighted by Gasteiger charge is -2.28. The van der Waals surface area contributed by atoms with Crippen molar-refractivity contribution in [2.75, 3.05) is 18.1 Å². The second kappa shape index (κ2) is 7.75. The fourth-order valence-corrected chi connectivity index (χ4v) is 3.41. The van der Waals surface area contributed by atoms with Crippen LogP contribution in [-0.4, -0.2) is 30.0 Å². The van der Waals surface area contributed by atoms with Gasteiger partial charge in [-0.1, -0.05) is 12.5 Å². The zero-order valence-electron chi connectivity index (χ0n) is 12.0. The molecule has 0 heterocycles. The number of benzene rings is 1. The zero-order chi connectivity index (χ0) is 15.2. The fourth-order valence-electron chi connectivity index (χ4n) is 2.58. The van der Waals surface area contributed by atoms with Gasteiger partial charge in [-0.2, -0.15) is 11.8 Å². The topological polar surface area (TPSA) is 41.1 Å². The number of hydrogen-bond donors (Lipinski definition) is 2. The molecule has 1 aliphatic carbocycles. The minimum absolute atomic E-state index is 0.0690. The first-order valence-corrected chi connectivity index (χ1v) is 8.39. The number of thioether (sulfide) groups is 1. The van der Waals surface area contributed by atoms with E-state index in [1.807, 2.05) is 11.8 Å². The summed E-state index contributed by atoms with van der Waals surface area (Å²) in [6.07, 6.45) is 6.53. The third kappa shape index (κ3) is 4.68. The van der Waals surface area contributed by atoms with Crippen molar-refractivity contribution in [1.29, 1.82) is 0 Å². The van der Waals surface area contributed by atoms with Gasteiger partial charge in [-0.25, -0.2) is 8.78 Å². The van der Waals surface area contributed by atoms with Gasteiger partial charge in [0.15, 0.2) is 0 Å². The van der Waals surface area contributed by atoms with E-state index in [9.17, 15) is 13.6 Å². The molecule has 0 aliphatic heterocycles. The monoisotopic (exact) mass is 314 g/mol. The average molecular weight is 314 g/mol. The van der Waals surface area contributed by atoms with Gasteiger partial charge >= 0.3 is 0 Å². The molecule has 0 radical (unpaired) electrons. The van der Waals surface area contributed by atoms with Crippen LogP contribution in [0.5, 0.6) is 0 Å². The van der Waals surface area contributed by atoms with Crippen LogP contribution in [0.25, 0.3) is 0 Å². The Morgan fingerprint density at radius 3 is 2.71 bits per heavy atom. The number of nitrogens with one attached hydrogen (secondary N) is 2. The third-order valence-electron chi connectivity index (χ3n) is 3.74. The average Bonchev–Trinajstić information content (AvgIpc) is 2.49. The molecule has 2 rings (SSSR count). The first-order valence-electron chi connectivity index (χ1n) is 7.10. The minimum Gasteiger partial charge on any atom is -0.320 e. The van der Waals surface area contributed by atoms with Crippen molar-refractivity contribution in [3.05, 3.63) is 29.8 Å². The van der Waals surface area contributed by atoms with E-state index < -0.39 is 17.5 Å². The van der Waals surface area contributed by atoms with Crippen molar-refractivity contribution in [3.8, 4) is 0 Å². The highest BCUT2D eigenvalue weighted by atomic mass is 32.2. The Morgan fingerprint density at radius 1 is 1.33 bits per heavy atom. The van der Waals surface area contributed by atoms with Crippen molar-refractivity contribution in [2.45, 2.75) is 37.0 Å². The van der Waals surface area contributed by atoms with E-state index in [4.69, 9.17) is 0 Å². The summed E-state index contributed by atoms with van der Waals surface area (Å²) in [5.74, 6) is -1.95. The molecule has 2 unspecified atom stereocenters. The summed E-state index contributed by atoms with van der Waals surface area (Å²) in [6.45, 7) is 0.0690. The number of anilines is 1. The molecular weight excluding hydrogens is 294 g/mol. The highest BCUT2D eigenvalue weighted by molar-refractivity contribution is 7.99. The van der Waals surface area contributed by atoms with Crippen LogP contribution in [0.1, 0.15) is 25.7 Å². The van der Waals surface area contributed by atoms with Crippen LogP contribution in [0.2, 0.25) is 0 Å². The SMILES string of the molecule is CSC1CCCC(NCC(=O)Nc2c(F)cccc2F)C1. The second-order valence-corrected chi connectivity index (χ2v) is 6.39. The van der Waals surface area contributed by atoms with Crippen LogP contribution in [-0.2, 0) is 4.79 Å². The lowest BCUT2D eigenvalue weighted by Crippen LogP contribution is -2.39. The maximum atomic E-state index is 13.4. The molecule has 0 saturated heterocycles. The number of carbonyl (C=O) groups is 1. The van der Waals surface area contributed by atoms with Crippen molar-refractivity contribution in [3.63, 3.8) is 0 Å². The Bertz CT molecular complexity index is 478. The number of hydrogen-bond acceptors (Lipinski definition) is 3. The molecule has 2 atom stereocenters. The van der Waals surface area contributed by atoms with E-state index in [0.29, 0.717) is 11.3 Å². The van der Waals surface area contributed by atoms with Gasteiger partial charge in [-0.15, -0.1) is 0 Å². The van der Waals surface area contributed by atoms with Crippen LogP contribution in [0.3, 0.4) is 0 Å². The normalized spacial score (nSPS) is 22.0. The highest BCUT2D eigenvalue weighted by Gasteiger charge is 2.21. The van der Waals surface area contributed by atoms with Gasteiger partial charge in [-0.05, 0) is 37.7 Å². The highest BCUT2D eigenvalue weighted by Crippen LogP contribution is 2.26. The first kappa shape index (κ1) is 16.2. The molecule has 1 fully saturated rings. The second-order valence-electron chi connectivity index (χ2n) is 5.25. The Hall–Kier alpha value is -1.14. The lowest BCUT2D eigenvalue weighted by molar-refractivity contribution is -0.115. The van der Waals surface area contributed by atoms with Crippen molar-refractivity contribution < 1.29 is 13.6 Å². The number of para-hydroxylation sites is 1. The largest absolute Gasteiger partial charge is 0.320 e. The molecule has 1 saturated carbocycles. The molecule has 116 valence electrons. The van der Waals surface area contributed by atoms with E-state index in [-0.39, 0.29) is 12.2 Å². The molecule has 0 aromatic heterocycles. The van der Waals surface area contributed by atoms with E-state index in [2.05, 4.69) is 16.9 Å². The van der Waals surface area contributed by atoms with Crippen molar-refractivity contribution >= 4 is 23.4 Å². The van der Waals surface area contributed by atoms with Gasteiger partial charge in [0, 0.05) is 11.3 Å². The first-order chi connectivity index (χ1) is 10.1. The fraction of sp³-hybridized carbons (Fsp3) is 0.533. The van der Waals surface area contributed by atoms with Crippen molar-refractivity contribution in [1.82, 2.24) is 5.32 Å². The quantitative estimate of drug-likeness (QED) is 0.877. The Labute approximate surface area is 127 Å². The van der Waals surface area contributed by atoms with Crippen LogP contribution in [0.4, 0.5) is 14.5 Å². The van der Waals surface area contributed by atoms with E-state index in [1.165, 1.54) is 12.5 Å². The lowest BCUT2D eigenvalue weighted by atomic mass is 9.95. The Kier molecular flexibility index (Phi) is 5.99. The summed E-state index contributed by atoms with van der Waals surface area (Å²) < 4.78 is 26.8. The Morgan fingerprint density at radius 2 is 2.05 bits per heavy atom. The molecule has 1 aliphatic rings. The number of rotatable bonds is 5. The number of carbonyl (C=O) groups excluding carboxylic acids is 1. The molecule has 1 aromatic rings. The van der Waals surface area contributed by atoms with Crippen LogP contribution in [0.15, 0.2) is 18.2 Å². The molecule has 1 amide bonds. The van der Waals surface area contributed by atoms with E-state index >= 15 is 0 Å². The van der Waals surface area contributed by atoms with Crippen LogP contribution >= 0.6 is 11.8 Å². The third-order valence-corrected chi connectivity index (χ3v) is 4.83. The summed E-state index contributed by atoms with van der Waals surface area (Å²) in [5.41, 5.74) is -0.380. The molecule has 2 N–H and O–H groups in total. The van der Waals surface area contributed by atoms with Gasteiger partial charge in [0.1, 0.15) is 17.3 Å². The standard InChI is InChI=1S/C15H20F2N2OS/c1-21-11-5-2-4-10(8-11)18-9-14(20)19-15-12(16)6-3-7-13(15)17/h3,6-7,10-11,18H,2,4-5,8-9H2,1H3,(H,19,20). The van der Waals surface area contributed by atoms with Gasteiger partial charge in [0.25, 0.3) is 0 Å². The summed E-state index contributed by atoms with van der Waals surface area (Å²) in [7, 11) is 0. The van der Waals surface area contributed by atoms with Crippen LogP contribution in [0, 0.1) is 11.6 Å². The molecule has 0 spiro atoms. The molecule has 0 bridgehead atoms. The van der Waals surface area contributed by atoms with Gasteiger partial charge in [-0.3, -0.25) is 4.79 Å². The molecule has 6 heteroatoms. The van der Waals surface area contributed by atoms with Gasteiger partial charge in [0.2, 0.25) is 5.91 Å². The maximum Gasteiger partial charge on any atom is 0.238 e. The van der Waals surface area contributed by atoms with E-state index in [1.54, 1.807) is 0 Å². The summed E-state index contributed by atoms with van der Waals surface area (Å²) in [5, 5.41) is 6.09. The Balaban J connectivity index is 1.82. The molecule has 3 nitrogen and oxygen atoms in total. The van der Waals surface area contributed by atoms with Crippen LogP contribution < -0.4 is 10.6 Å². The van der Waals surface area contributed by atoms with Crippen molar-refractivity contribution in [2.24, 2.45) is 0 Å². The van der Waals surface area contributed by atoms with Gasteiger partial charge < -0.3 is 10.6 Å². The minimum atomic E-state index is -0.761. The predicted molar refractivity (Wildman–Crippen MR) is 82.5 cm³/mol. The molecule has 1 aromatic carbocycles. The number of halogens is 2. The maximum absolute atomic E-state index is 13.4. The zero-order valence-corrected chi connectivity index (χ0v) is 12.8. The smallest absolute Gasteiger partial charge is 0.238 e. The molecular formula is C15H20F2N2OS. The summed E-state index contributed by atoms with van der Waals surface area (Å²) in [6, 6.07) is 3.81. The number of amides is 1. The summed E-state index contributed by atoms with van der Waals surface area (Å²) in [4.78, 5) is 11.8. The predicted octanol–water partition coefficient (Wildman–Crippen LogP) is 3.17. The summed E-state index contributed by atoms with van der Waals surface area (Å²) >= 11 is 1.85. The van der Waals surface area contributed by atoms with E-state index in [0.717, 1.165) is 31.4 Å². The molecule has 21 heavy (non-hydrogen) atoms. The van der Waals surface area contributed by atoms with Gasteiger partial charge in [0.05, 0.1) is 6.54 Å².